The second-order valence-electron chi connectivity index (χ2n) is 19.9. The summed E-state index contributed by atoms with van der Waals surface area (Å²) >= 11 is 0. The van der Waals surface area contributed by atoms with Crippen LogP contribution in [0, 0.1) is 0 Å². The maximum atomic E-state index is 2.45. The van der Waals surface area contributed by atoms with Crippen LogP contribution in [-0.2, 0) is 0 Å². The summed E-state index contributed by atoms with van der Waals surface area (Å²) in [6, 6.07) is 104. The number of fused-ring (bicyclic) bond motifs is 8. The molecule has 0 nitrogen and oxygen atoms in total. The Labute approximate surface area is 429 Å². The van der Waals surface area contributed by atoms with Crippen molar-refractivity contribution in [2.45, 2.75) is 0 Å². The lowest BCUT2D eigenvalue weighted by Crippen LogP contribution is -1.93. The zero-order valence-corrected chi connectivity index (χ0v) is 40.6. The van der Waals surface area contributed by atoms with E-state index in [1.807, 2.05) is 0 Å². The fourth-order valence-electron chi connectivity index (χ4n) is 12.2. The highest BCUT2D eigenvalue weighted by Gasteiger charge is 2.21. The van der Waals surface area contributed by atoms with Gasteiger partial charge in [-0.15, -0.1) is 0 Å². The fourth-order valence-corrected chi connectivity index (χ4v) is 12.2. The number of hydrogen-bond acceptors (Lipinski definition) is 0. The third kappa shape index (κ3) is 6.91. The van der Waals surface area contributed by atoms with Crippen LogP contribution < -0.4 is 0 Å². The smallest absolute Gasteiger partial charge is 0.00259 e. The third-order valence-corrected chi connectivity index (χ3v) is 15.7. The Bertz CT molecular complexity index is 4480. The van der Waals surface area contributed by atoms with Crippen LogP contribution in [0.25, 0.3) is 153 Å². The summed E-state index contributed by atoms with van der Waals surface area (Å²) in [5.41, 5.74) is 14.7. The molecule has 0 aliphatic carbocycles. The summed E-state index contributed by atoms with van der Waals surface area (Å²) in [6.07, 6.45) is 0. The third-order valence-electron chi connectivity index (χ3n) is 15.7. The Morgan fingerprint density at radius 1 is 0.122 bits per heavy atom. The van der Waals surface area contributed by atoms with Gasteiger partial charge in [0.15, 0.2) is 0 Å². The molecule has 0 aliphatic rings. The lowest BCUT2D eigenvalue weighted by molar-refractivity contribution is 1.61. The van der Waals surface area contributed by atoms with Gasteiger partial charge in [0.1, 0.15) is 0 Å². The van der Waals surface area contributed by atoms with E-state index in [1.165, 1.54) is 153 Å². The van der Waals surface area contributed by atoms with E-state index < -0.39 is 0 Å². The standard InChI is InChI=1S/C74H46/c1-5-18-51-41-59(32-28-47(51)14-1)71-63-24-9-11-26-65(63)73(61-34-30-49-16-3-7-20-53(49)43-61)69-45-57(36-38-67(69)71)55-22-13-23-56(40-55)58-37-39-68-70(46-58)74(62-35-31-50-17-4-8-21-54(50)44-62)66-27-12-10-25-64(66)72(68)60-33-29-48-15-2-6-19-52(48)42-60/h1-46H. The average Bonchev–Trinajstić information content (AvgIpc) is 3.47. The molecule has 0 fully saturated rings. The fraction of sp³-hybridized carbons (Fsp3) is 0. The molecule has 0 saturated heterocycles. The first-order valence-corrected chi connectivity index (χ1v) is 25.7. The molecule has 0 heteroatoms. The zero-order chi connectivity index (χ0) is 48.7. The molecule has 0 aliphatic heterocycles. The van der Waals surface area contributed by atoms with Crippen LogP contribution in [0.4, 0.5) is 0 Å². The molecular weight excluding hydrogens is 889 g/mol. The molecule has 15 rings (SSSR count). The molecule has 0 atom stereocenters. The molecule has 0 saturated carbocycles. The molecule has 0 bridgehead atoms. The van der Waals surface area contributed by atoms with E-state index in [0.29, 0.717) is 0 Å². The topological polar surface area (TPSA) is 0 Å². The van der Waals surface area contributed by atoms with E-state index in [-0.39, 0.29) is 0 Å². The van der Waals surface area contributed by atoms with E-state index in [9.17, 15) is 0 Å². The highest BCUT2D eigenvalue weighted by Crippen LogP contribution is 2.48. The van der Waals surface area contributed by atoms with Crippen LogP contribution in [-0.4, -0.2) is 0 Å². The van der Waals surface area contributed by atoms with Crippen LogP contribution in [0.5, 0.6) is 0 Å². The highest BCUT2D eigenvalue weighted by molar-refractivity contribution is 6.24. The molecule has 15 aromatic rings. The van der Waals surface area contributed by atoms with Crippen LogP contribution in [0.2, 0.25) is 0 Å². The first-order valence-electron chi connectivity index (χ1n) is 25.7. The van der Waals surface area contributed by atoms with E-state index in [4.69, 9.17) is 0 Å². The van der Waals surface area contributed by atoms with Gasteiger partial charge in [0.25, 0.3) is 0 Å². The van der Waals surface area contributed by atoms with Crippen molar-refractivity contribution in [3.63, 3.8) is 0 Å². The Hall–Kier alpha value is -9.62. The summed E-state index contributed by atoms with van der Waals surface area (Å²) in [4.78, 5) is 0. The molecule has 0 radical (unpaired) electrons. The predicted octanol–water partition coefficient (Wildman–Crippen LogP) is 20.9. The second kappa shape index (κ2) is 17.0. The molecule has 0 spiro atoms. The summed E-state index contributed by atoms with van der Waals surface area (Å²) in [5.74, 6) is 0. The molecular formula is C74H46. The van der Waals surface area contributed by atoms with E-state index in [1.54, 1.807) is 0 Å². The van der Waals surface area contributed by atoms with Crippen LogP contribution in [0.15, 0.2) is 279 Å². The van der Waals surface area contributed by atoms with Crippen molar-refractivity contribution in [1.29, 1.82) is 0 Å². The quantitative estimate of drug-likeness (QED) is 0.146. The molecule has 0 N–H and O–H groups in total. The van der Waals surface area contributed by atoms with Gasteiger partial charge in [0.05, 0.1) is 0 Å². The first-order chi connectivity index (χ1) is 36.7. The largest absolute Gasteiger partial charge is 0.0616 e. The minimum Gasteiger partial charge on any atom is -0.0616 e. The Balaban J connectivity index is 0.947. The molecule has 74 heavy (non-hydrogen) atoms. The van der Waals surface area contributed by atoms with Crippen molar-refractivity contribution in [3.05, 3.63) is 279 Å². The summed E-state index contributed by atoms with van der Waals surface area (Å²) < 4.78 is 0. The number of benzene rings is 15. The van der Waals surface area contributed by atoms with Crippen LogP contribution in [0.1, 0.15) is 0 Å². The van der Waals surface area contributed by atoms with Gasteiger partial charge in [0, 0.05) is 0 Å². The van der Waals surface area contributed by atoms with Crippen molar-refractivity contribution in [2.24, 2.45) is 0 Å². The first kappa shape index (κ1) is 42.1. The van der Waals surface area contributed by atoms with E-state index in [2.05, 4.69) is 279 Å². The van der Waals surface area contributed by atoms with Crippen molar-refractivity contribution >= 4 is 86.2 Å². The second-order valence-corrected chi connectivity index (χ2v) is 19.9. The van der Waals surface area contributed by atoms with Gasteiger partial charge in [-0.3, -0.25) is 0 Å². The SMILES string of the molecule is c1cc(-c2ccc3c(-c4ccc5ccccc5c4)c4ccccc4c(-c4ccc5ccccc5c4)c3c2)cc(-c2ccc3c(-c4ccc5ccccc5c4)c4ccccc4c(-c4ccc5ccccc5c4)c3c2)c1. The van der Waals surface area contributed by atoms with Crippen molar-refractivity contribution < 1.29 is 0 Å². The summed E-state index contributed by atoms with van der Waals surface area (Å²) in [5, 5.41) is 19.9. The molecule has 0 heterocycles. The van der Waals surface area contributed by atoms with Gasteiger partial charge in [-0.1, -0.05) is 237 Å². The van der Waals surface area contributed by atoms with Gasteiger partial charge in [-0.25, -0.2) is 0 Å². The minimum atomic E-state index is 1.18. The minimum absolute atomic E-state index is 1.18. The zero-order valence-electron chi connectivity index (χ0n) is 40.6. The summed E-state index contributed by atoms with van der Waals surface area (Å²) in [7, 11) is 0. The summed E-state index contributed by atoms with van der Waals surface area (Å²) in [6.45, 7) is 0. The average molecular weight is 935 g/mol. The molecule has 0 unspecified atom stereocenters. The van der Waals surface area contributed by atoms with Gasteiger partial charge in [-0.2, -0.15) is 0 Å². The van der Waals surface area contributed by atoms with E-state index >= 15 is 0 Å². The number of rotatable bonds is 6. The Morgan fingerprint density at radius 2 is 0.365 bits per heavy atom. The maximum Gasteiger partial charge on any atom is -0.00259 e. The van der Waals surface area contributed by atoms with Crippen molar-refractivity contribution in [3.8, 4) is 66.8 Å². The van der Waals surface area contributed by atoms with Gasteiger partial charge < -0.3 is 0 Å². The predicted molar refractivity (Wildman–Crippen MR) is 319 cm³/mol. The van der Waals surface area contributed by atoms with Gasteiger partial charge in [-0.05, 0) is 195 Å². The highest BCUT2D eigenvalue weighted by atomic mass is 14.2. The molecule has 342 valence electrons. The monoisotopic (exact) mass is 934 g/mol. The van der Waals surface area contributed by atoms with Crippen molar-refractivity contribution in [1.82, 2.24) is 0 Å². The van der Waals surface area contributed by atoms with Gasteiger partial charge >= 0.3 is 0 Å². The molecule has 0 aromatic heterocycles. The van der Waals surface area contributed by atoms with E-state index in [0.717, 1.165) is 0 Å². The molecule has 15 aromatic carbocycles. The van der Waals surface area contributed by atoms with Crippen LogP contribution >= 0.6 is 0 Å². The Kier molecular flexibility index (Phi) is 9.68. The van der Waals surface area contributed by atoms with Crippen LogP contribution in [0.3, 0.4) is 0 Å². The lowest BCUT2D eigenvalue weighted by atomic mass is 9.83. The molecule has 0 amide bonds. The number of hydrogen-bond donors (Lipinski definition) is 0. The lowest BCUT2D eigenvalue weighted by Gasteiger charge is -2.20. The van der Waals surface area contributed by atoms with Gasteiger partial charge in [0.2, 0.25) is 0 Å². The Morgan fingerprint density at radius 3 is 0.689 bits per heavy atom. The normalized spacial score (nSPS) is 11.8. The maximum absolute atomic E-state index is 2.45. The van der Waals surface area contributed by atoms with Crippen molar-refractivity contribution in [2.75, 3.05) is 0 Å².